The fraction of sp³-hybridized carbons (Fsp3) is 0.214. The van der Waals surface area contributed by atoms with E-state index in [-0.39, 0.29) is 6.04 Å². The Hall–Kier alpha value is -2.07. The van der Waals surface area contributed by atoms with Crippen LogP contribution in [0.4, 0.5) is 0 Å². The fourth-order valence-electron chi connectivity index (χ4n) is 2.28. The van der Waals surface area contributed by atoms with Gasteiger partial charge in [-0.2, -0.15) is 5.10 Å². The molecule has 4 nitrogen and oxygen atoms in total. The second-order valence-corrected chi connectivity index (χ2v) is 4.47. The first-order valence-corrected chi connectivity index (χ1v) is 5.94. The molecule has 0 radical (unpaired) electrons. The molecule has 1 unspecified atom stereocenters. The topological polar surface area (TPSA) is 57.0 Å². The van der Waals surface area contributed by atoms with Crippen LogP contribution in [-0.2, 0) is 13.5 Å². The molecule has 2 aromatic heterocycles. The van der Waals surface area contributed by atoms with Crippen LogP contribution in [0.2, 0.25) is 0 Å². The van der Waals surface area contributed by atoms with E-state index in [0.29, 0.717) is 0 Å². The molecule has 1 aromatic carbocycles. The summed E-state index contributed by atoms with van der Waals surface area (Å²) in [6, 6.07) is 9.95. The van der Waals surface area contributed by atoms with Crippen LogP contribution >= 0.6 is 0 Å². The average Bonchev–Trinajstić information content (AvgIpc) is 2.98. The van der Waals surface area contributed by atoms with Crippen LogP contribution in [0.15, 0.2) is 47.3 Å². The highest BCUT2D eigenvalue weighted by Gasteiger charge is 2.15. The minimum atomic E-state index is -0.117. The predicted octanol–water partition coefficient (Wildman–Crippen LogP) is 2.41. The van der Waals surface area contributed by atoms with Crippen molar-refractivity contribution in [1.29, 1.82) is 0 Å². The summed E-state index contributed by atoms with van der Waals surface area (Å²) in [4.78, 5) is 0. The van der Waals surface area contributed by atoms with Crippen LogP contribution in [0, 0.1) is 0 Å². The Balaban J connectivity index is 1.98. The molecule has 0 saturated heterocycles. The van der Waals surface area contributed by atoms with E-state index in [1.807, 2.05) is 29.9 Å². The lowest BCUT2D eigenvalue weighted by Gasteiger charge is -2.07. The van der Waals surface area contributed by atoms with E-state index in [2.05, 4.69) is 17.2 Å². The molecule has 0 fully saturated rings. The molecular weight excluding hydrogens is 226 g/mol. The quantitative estimate of drug-likeness (QED) is 0.766. The summed E-state index contributed by atoms with van der Waals surface area (Å²) in [6.45, 7) is 0. The minimum Gasteiger partial charge on any atom is -0.472 e. The van der Waals surface area contributed by atoms with Gasteiger partial charge in [0.25, 0.3) is 0 Å². The van der Waals surface area contributed by atoms with E-state index in [9.17, 15) is 0 Å². The number of aryl methyl sites for hydroxylation is 1. The zero-order valence-electron chi connectivity index (χ0n) is 10.2. The van der Waals surface area contributed by atoms with Crippen molar-refractivity contribution in [3.8, 4) is 0 Å². The molecule has 4 heteroatoms. The van der Waals surface area contributed by atoms with Crippen LogP contribution in [-0.4, -0.2) is 9.78 Å². The summed E-state index contributed by atoms with van der Waals surface area (Å²) in [7, 11) is 1.94. The van der Waals surface area contributed by atoms with Gasteiger partial charge in [0.15, 0.2) is 0 Å². The van der Waals surface area contributed by atoms with Crippen LogP contribution in [0.5, 0.6) is 0 Å². The zero-order valence-corrected chi connectivity index (χ0v) is 10.2. The van der Waals surface area contributed by atoms with Crippen molar-refractivity contribution in [2.24, 2.45) is 12.8 Å². The van der Waals surface area contributed by atoms with Crippen molar-refractivity contribution in [3.05, 3.63) is 54.1 Å². The third kappa shape index (κ3) is 1.80. The number of para-hydroxylation sites is 1. The molecule has 2 N–H and O–H groups in total. The van der Waals surface area contributed by atoms with Gasteiger partial charge in [0.2, 0.25) is 0 Å². The third-order valence-electron chi connectivity index (χ3n) is 3.17. The summed E-state index contributed by atoms with van der Waals surface area (Å²) in [5.74, 6) is 0. The van der Waals surface area contributed by atoms with E-state index < -0.39 is 0 Å². The van der Waals surface area contributed by atoms with Gasteiger partial charge in [0.05, 0.1) is 29.8 Å². The molecule has 3 rings (SSSR count). The number of nitrogens with two attached hydrogens (primary N) is 1. The highest BCUT2D eigenvalue weighted by atomic mass is 16.3. The van der Waals surface area contributed by atoms with Crippen LogP contribution in [0.3, 0.4) is 0 Å². The van der Waals surface area contributed by atoms with E-state index in [4.69, 9.17) is 10.2 Å². The molecule has 18 heavy (non-hydrogen) atoms. The highest BCUT2D eigenvalue weighted by Crippen LogP contribution is 2.24. The van der Waals surface area contributed by atoms with E-state index in [1.54, 1.807) is 12.5 Å². The van der Waals surface area contributed by atoms with Crippen molar-refractivity contribution >= 4 is 10.9 Å². The van der Waals surface area contributed by atoms with Gasteiger partial charge in [-0.1, -0.05) is 18.2 Å². The number of fused-ring (bicyclic) bond motifs is 1. The van der Waals surface area contributed by atoms with E-state index >= 15 is 0 Å². The molecule has 92 valence electrons. The molecule has 0 spiro atoms. The van der Waals surface area contributed by atoms with E-state index in [0.717, 1.165) is 28.6 Å². The minimum absolute atomic E-state index is 0.117. The normalized spacial score (nSPS) is 13.0. The Morgan fingerprint density at radius 1 is 1.33 bits per heavy atom. The van der Waals surface area contributed by atoms with Crippen molar-refractivity contribution in [1.82, 2.24) is 9.78 Å². The largest absolute Gasteiger partial charge is 0.472 e. The number of hydrogen-bond acceptors (Lipinski definition) is 3. The lowest BCUT2D eigenvalue weighted by Crippen LogP contribution is -2.14. The Morgan fingerprint density at radius 3 is 2.94 bits per heavy atom. The lowest BCUT2D eigenvalue weighted by molar-refractivity contribution is 0.560. The van der Waals surface area contributed by atoms with Gasteiger partial charge < -0.3 is 10.2 Å². The molecule has 0 bridgehead atoms. The average molecular weight is 241 g/mol. The van der Waals surface area contributed by atoms with Crippen LogP contribution in [0.1, 0.15) is 17.3 Å². The van der Waals surface area contributed by atoms with Gasteiger partial charge in [0.1, 0.15) is 0 Å². The van der Waals surface area contributed by atoms with Crippen molar-refractivity contribution in [2.75, 3.05) is 0 Å². The number of nitrogens with zero attached hydrogens (tertiary/aromatic N) is 2. The molecule has 3 aromatic rings. The third-order valence-corrected chi connectivity index (χ3v) is 3.17. The summed E-state index contributed by atoms with van der Waals surface area (Å²) < 4.78 is 6.94. The number of benzene rings is 1. The standard InChI is InChI=1S/C14H15N3O/c1-17-13-5-3-2-4-11(13)14(16-17)12(15)8-10-6-7-18-9-10/h2-7,9,12H,8,15H2,1H3. The van der Waals surface area contributed by atoms with Crippen LogP contribution in [0.25, 0.3) is 10.9 Å². The van der Waals surface area contributed by atoms with E-state index in [1.165, 1.54) is 0 Å². The van der Waals surface area contributed by atoms with Gasteiger partial charge in [-0.15, -0.1) is 0 Å². The first kappa shape index (κ1) is 11.0. The van der Waals surface area contributed by atoms with Gasteiger partial charge in [-0.25, -0.2) is 0 Å². The molecule has 0 amide bonds. The SMILES string of the molecule is Cn1nc(C(N)Cc2ccoc2)c2ccccc21. The lowest BCUT2D eigenvalue weighted by atomic mass is 10.0. The number of rotatable bonds is 3. The van der Waals surface area contributed by atoms with Crippen LogP contribution < -0.4 is 5.73 Å². The summed E-state index contributed by atoms with van der Waals surface area (Å²) in [6.07, 6.45) is 4.13. The smallest absolute Gasteiger partial charge is 0.0935 e. The molecule has 1 atom stereocenters. The Labute approximate surface area is 105 Å². The summed E-state index contributed by atoms with van der Waals surface area (Å²) in [5, 5.41) is 5.65. The van der Waals surface area contributed by atoms with Gasteiger partial charge in [-0.05, 0) is 24.1 Å². The maximum atomic E-state index is 6.25. The Morgan fingerprint density at radius 2 is 2.17 bits per heavy atom. The Bertz CT molecular complexity index is 655. The van der Waals surface area contributed by atoms with Crippen molar-refractivity contribution in [3.63, 3.8) is 0 Å². The molecule has 0 saturated carbocycles. The van der Waals surface area contributed by atoms with Gasteiger partial charge in [0, 0.05) is 12.4 Å². The maximum Gasteiger partial charge on any atom is 0.0935 e. The zero-order chi connectivity index (χ0) is 12.5. The predicted molar refractivity (Wildman–Crippen MR) is 70.1 cm³/mol. The number of aromatic nitrogens is 2. The molecule has 0 aliphatic heterocycles. The highest BCUT2D eigenvalue weighted by molar-refractivity contribution is 5.82. The van der Waals surface area contributed by atoms with Crippen molar-refractivity contribution in [2.45, 2.75) is 12.5 Å². The molecular formula is C14H15N3O. The number of furan rings is 1. The second kappa shape index (κ2) is 4.31. The Kier molecular flexibility index (Phi) is 2.64. The molecule has 0 aliphatic carbocycles. The number of hydrogen-bond donors (Lipinski definition) is 1. The summed E-state index contributed by atoms with van der Waals surface area (Å²) >= 11 is 0. The monoisotopic (exact) mass is 241 g/mol. The maximum absolute atomic E-state index is 6.25. The summed E-state index contributed by atoms with van der Waals surface area (Å²) in [5.41, 5.74) is 9.39. The molecule has 2 heterocycles. The first-order chi connectivity index (χ1) is 8.75. The van der Waals surface area contributed by atoms with Crippen molar-refractivity contribution < 1.29 is 4.42 Å². The molecule has 0 aliphatic rings. The fourth-order valence-corrected chi connectivity index (χ4v) is 2.28. The second-order valence-electron chi connectivity index (χ2n) is 4.47. The van der Waals surface area contributed by atoms with Gasteiger partial charge in [-0.3, -0.25) is 4.68 Å². The van der Waals surface area contributed by atoms with Gasteiger partial charge >= 0.3 is 0 Å². The first-order valence-electron chi connectivity index (χ1n) is 5.94.